The number of carbonyl (C=O) groups is 2. The summed E-state index contributed by atoms with van der Waals surface area (Å²) in [6, 6.07) is 6.58. The maximum Gasteiger partial charge on any atom is 0.311 e. The number of aliphatic carboxylic acids is 2. The van der Waals surface area contributed by atoms with E-state index in [4.69, 9.17) is 14.9 Å². The third kappa shape index (κ3) is 5.30. The third-order valence-corrected chi connectivity index (χ3v) is 2.98. The average molecular weight is 280 g/mol. The summed E-state index contributed by atoms with van der Waals surface area (Å²) in [6.07, 6.45) is 2.79. The lowest BCUT2D eigenvalue weighted by Gasteiger charge is -2.11. The first-order chi connectivity index (χ1) is 9.54. The molecule has 1 atom stereocenters. The molecule has 5 nitrogen and oxygen atoms in total. The van der Waals surface area contributed by atoms with Crippen LogP contribution in [0.15, 0.2) is 24.3 Å². The molecule has 0 fully saturated rings. The normalized spacial score (nSPS) is 11.8. The Hall–Kier alpha value is -2.04. The lowest BCUT2D eigenvalue weighted by molar-refractivity contribution is -0.145. The number of rotatable bonds is 9. The van der Waals surface area contributed by atoms with Gasteiger partial charge in [-0.1, -0.05) is 31.9 Å². The van der Waals surface area contributed by atoms with Gasteiger partial charge >= 0.3 is 11.9 Å². The summed E-state index contributed by atoms with van der Waals surface area (Å²) in [6.45, 7) is 2.74. The second-order valence-electron chi connectivity index (χ2n) is 4.61. The highest BCUT2D eigenvalue weighted by molar-refractivity contribution is 5.82. The summed E-state index contributed by atoms with van der Waals surface area (Å²) in [5.41, 5.74) is 0.473. The van der Waals surface area contributed by atoms with Crippen LogP contribution in [0, 0.1) is 0 Å². The second-order valence-corrected chi connectivity index (χ2v) is 4.61. The highest BCUT2D eigenvalue weighted by Gasteiger charge is 2.22. The number of ether oxygens (including phenoxy) is 1. The highest BCUT2D eigenvalue weighted by atomic mass is 16.5. The van der Waals surface area contributed by atoms with Gasteiger partial charge < -0.3 is 14.9 Å². The van der Waals surface area contributed by atoms with Crippen LogP contribution in [-0.2, 0) is 9.59 Å². The first kappa shape index (κ1) is 16.0. The summed E-state index contributed by atoms with van der Waals surface area (Å²) >= 11 is 0. The van der Waals surface area contributed by atoms with Crippen LogP contribution in [0.5, 0.6) is 5.75 Å². The molecule has 2 N–H and O–H groups in total. The Morgan fingerprint density at radius 3 is 2.30 bits per heavy atom. The minimum atomic E-state index is -1.14. The zero-order chi connectivity index (χ0) is 15.0. The van der Waals surface area contributed by atoms with Crippen molar-refractivity contribution in [3.05, 3.63) is 29.8 Å². The minimum absolute atomic E-state index is 0.425. The maximum atomic E-state index is 11.1. The van der Waals surface area contributed by atoms with Crippen LogP contribution in [-0.4, -0.2) is 28.8 Å². The Labute approximate surface area is 118 Å². The molecule has 0 saturated carbocycles. The van der Waals surface area contributed by atoms with Crippen molar-refractivity contribution in [1.29, 1.82) is 0 Å². The fourth-order valence-corrected chi connectivity index (χ4v) is 1.86. The van der Waals surface area contributed by atoms with Crippen LogP contribution in [0.4, 0.5) is 0 Å². The fourth-order valence-electron chi connectivity index (χ4n) is 1.86. The van der Waals surface area contributed by atoms with E-state index in [1.165, 1.54) is 0 Å². The zero-order valence-corrected chi connectivity index (χ0v) is 11.5. The quantitative estimate of drug-likeness (QED) is 0.679. The molecule has 0 amide bonds. The minimum Gasteiger partial charge on any atom is -0.494 e. The smallest absolute Gasteiger partial charge is 0.311 e. The molecule has 0 saturated heterocycles. The molecule has 1 aromatic rings. The monoisotopic (exact) mass is 280 g/mol. The van der Waals surface area contributed by atoms with Crippen molar-refractivity contribution in [2.45, 2.75) is 38.5 Å². The first-order valence-corrected chi connectivity index (χ1v) is 6.72. The van der Waals surface area contributed by atoms with Crippen LogP contribution in [0.3, 0.4) is 0 Å². The van der Waals surface area contributed by atoms with E-state index in [1.54, 1.807) is 24.3 Å². The summed E-state index contributed by atoms with van der Waals surface area (Å²) in [4.78, 5) is 21.7. The van der Waals surface area contributed by atoms with Gasteiger partial charge in [0.25, 0.3) is 0 Å². The topological polar surface area (TPSA) is 83.8 Å². The molecule has 20 heavy (non-hydrogen) atoms. The largest absolute Gasteiger partial charge is 0.494 e. The molecule has 0 aliphatic heterocycles. The summed E-state index contributed by atoms with van der Waals surface area (Å²) in [7, 11) is 0. The number of hydrogen-bond acceptors (Lipinski definition) is 3. The molecule has 0 aliphatic rings. The Morgan fingerprint density at radius 1 is 1.15 bits per heavy atom. The van der Waals surface area contributed by atoms with Crippen LogP contribution in [0.1, 0.15) is 44.1 Å². The molecule has 1 aromatic carbocycles. The van der Waals surface area contributed by atoms with Gasteiger partial charge in [0, 0.05) is 0 Å². The van der Waals surface area contributed by atoms with Gasteiger partial charge in [0.2, 0.25) is 0 Å². The van der Waals surface area contributed by atoms with E-state index < -0.39 is 24.3 Å². The van der Waals surface area contributed by atoms with E-state index in [-0.39, 0.29) is 0 Å². The van der Waals surface area contributed by atoms with Gasteiger partial charge in [-0.05, 0) is 24.1 Å². The van der Waals surface area contributed by atoms with Crippen molar-refractivity contribution >= 4 is 11.9 Å². The summed E-state index contributed by atoms with van der Waals surface area (Å²) in [5.74, 6) is -2.62. The van der Waals surface area contributed by atoms with E-state index in [1.807, 2.05) is 0 Å². The van der Waals surface area contributed by atoms with E-state index in [0.717, 1.165) is 19.3 Å². The predicted octanol–water partition coefficient (Wildman–Crippen LogP) is 2.90. The van der Waals surface area contributed by atoms with Crippen molar-refractivity contribution in [3.8, 4) is 5.75 Å². The highest BCUT2D eigenvalue weighted by Crippen LogP contribution is 2.23. The Bertz CT molecular complexity index is 438. The molecule has 0 bridgehead atoms. The number of unbranched alkanes of at least 4 members (excludes halogenated alkanes) is 2. The average Bonchev–Trinajstić information content (AvgIpc) is 2.41. The molecule has 110 valence electrons. The molecule has 1 rings (SSSR count). The molecule has 0 heterocycles. The number of carboxylic acids is 2. The van der Waals surface area contributed by atoms with Gasteiger partial charge in [-0.2, -0.15) is 0 Å². The lowest BCUT2D eigenvalue weighted by Crippen LogP contribution is -2.15. The van der Waals surface area contributed by atoms with Crippen molar-refractivity contribution in [2.24, 2.45) is 0 Å². The summed E-state index contributed by atoms with van der Waals surface area (Å²) in [5, 5.41) is 17.8. The van der Waals surface area contributed by atoms with E-state index in [2.05, 4.69) is 6.92 Å². The molecule has 0 spiro atoms. The predicted molar refractivity (Wildman–Crippen MR) is 74.1 cm³/mol. The van der Waals surface area contributed by atoms with Crippen LogP contribution < -0.4 is 4.74 Å². The van der Waals surface area contributed by atoms with Gasteiger partial charge in [-0.15, -0.1) is 0 Å². The molecule has 0 radical (unpaired) electrons. The van der Waals surface area contributed by atoms with Gasteiger partial charge in [-0.25, -0.2) is 0 Å². The van der Waals surface area contributed by atoms with E-state index in [0.29, 0.717) is 17.9 Å². The maximum absolute atomic E-state index is 11.1. The number of carboxylic acid groups (broad SMARTS) is 2. The second kappa shape index (κ2) is 8.19. The summed E-state index contributed by atoms with van der Waals surface area (Å²) < 4.78 is 5.52. The molecule has 5 heteroatoms. The number of benzene rings is 1. The fraction of sp³-hybridized carbons (Fsp3) is 0.467. The van der Waals surface area contributed by atoms with Gasteiger partial charge in [0.15, 0.2) is 0 Å². The molecule has 0 aliphatic carbocycles. The van der Waals surface area contributed by atoms with Crippen molar-refractivity contribution in [2.75, 3.05) is 6.61 Å². The van der Waals surface area contributed by atoms with Crippen molar-refractivity contribution in [1.82, 2.24) is 0 Å². The Balaban J connectivity index is 2.63. The van der Waals surface area contributed by atoms with E-state index in [9.17, 15) is 9.59 Å². The Kier molecular flexibility index (Phi) is 6.56. The van der Waals surface area contributed by atoms with Crippen LogP contribution >= 0.6 is 0 Å². The lowest BCUT2D eigenvalue weighted by atomic mass is 9.96. The number of hydrogen-bond donors (Lipinski definition) is 2. The third-order valence-electron chi connectivity index (χ3n) is 2.98. The van der Waals surface area contributed by atoms with Gasteiger partial charge in [-0.3, -0.25) is 9.59 Å². The van der Waals surface area contributed by atoms with Crippen molar-refractivity contribution in [3.63, 3.8) is 0 Å². The Morgan fingerprint density at radius 2 is 1.80 bits per heavy atom. The van der Waals surface area contributed by atoms with E-state index >= 15 is 0 Å². The first-order valence-electron chi connectivity index (χ1n) is 6.72. The zero-order valence-electron chi connectivity index (χ0n) is 11.5. The SMILES string of the molecule is CCCCCOc1ccc([C@H](CC(=O)O)C(=O)O)cc1. The molecular weight excluding hydrogens is 260 g/mol. The van der Waals surface area contributed by atoms with Gasteiger partial charge in [0.05, 0.1) is 18.9 Å². The van der Waals surface area contributed by atoms with Crippen LogP contribution in [0.2, 0.25) is 0 Å². The van der Waals surface area contributed by atoms with Crippen molar-refractivity contribution < 1.29 is 24.5 Å². The van der Waals surface area contributed by atoms with Crippen LogP contribution in [0.25, 0.3) is 0 Å². The molecule has 0 unspecified atom stereocenters. The standard InChI is InChI=1S/C15H20O5/c1-2-3-4-9-20-12-7-5-11(6-8-12)13(15(18)19)10-14(16)17/h5-8,13H,2-4,9-10H2,1H3,(H,16,17)(H,18,19)/t13-/m0/s1. The molecular formula is C15H20O5. The van der Waals surface area contributed by atoms with Gasteiger partial charge in [0.1, 0.15) is 5.75 Å². The molecule has 0 aromatic heterocycles.